The maximum absolute atomic E-state index is 11.7. The Hall–Kier alpha value is -1.35. The molecule has 1 aliphatic heterocycles. The predicted molar refractivity (Wildman–Crippen MR) is 82.5 cm³/mol. The quantitative estimate of drug-likeness (QED) is 0.842. The first-order valence-electron chi connectivity index (χ1n) is 7.58. The van der Waals surface area contributed by atoms with Gasteiger partial charge in [-0.05, 0) is 23.5 Å². The minimum absolute atomic E-state index is 0.264. The van der Waals surface area contributed by atoms with E-state index in [4.69, 9.17) is 0 Å². The van der Waals surface area contributed by atoms with Gasteiger partial charge in [0.1, 0.15) is 0 Å². The third kappa shape index (κ3) is 4.34. The van der Waals surface area contributed by atoms with Gasteiger partial charge in [0.2, 0.25) is 5.91 Å². The SMILES string of the molecule is CC(C)Cc1ccc(CN2CCC(=O)N(C)CC2)cc1. The summed E-state index contributed by atoms with van der Waals surface area (Å²) in [6.45, 7) is 8.12. The van der Waals surface area contributed by atoms with Gasteiger partial charge in [0.15, 0.2) is 0 Å². The highest BCUT2D eigenvalue weighted by Crippen LogP contribution is 2.13. The normalized spacial score (nSPS) is 17.6. The van der Waals surface area contributed by atoms with Crippen LogP contribution in [0.3, 0.4) is 0 Å². The second-order valence-corrected chi connectivity index (χ2v) is 6.26. The lowest BCUT2D eigenvalue weighted by Crippen LogP contribution is -2.29. The number of rotatable bonds is 4. The molecule has 1 heterocycles. The lowest BCUT2D eigenvalue weighted by Gasteiger charge is -2.20. The van der Waals surface area contributed by atoms with Gasteiger partial charge in [0, 0.05) is 39.6 Å². The van der Waals surface area contributed by atoms with Crippen molar-refractivity contribution >= 4 is 5.91 Å². The molecule has 1 aromatic rings. The number of likely N-dealkylation sites (N-methyl/N-ethyl adjacent to an activating group) is 1. The first-order valence-corrected chi connectivity index (χ1v) is 7.58. The summed E-state index contributed by atoms with van der Waals surface area (Å²) in [6.07, 6.45) is 1.78. The van der Waals surface area contributed by atoms with E-state index in [9.17, 15) is 4.79 Å². The van der Waals surface area contributed by atoms with Crippen LogP contribution in [0.4, 0.5) is 0 Å². The Morgan fingerprint density at radius 2 is 1.70 bits per heavy atom. The van der Waals surface area contributed by atoms with Crippen molar-refractivity contribution < 1.29 is 4.79 Å². The van der Waals surface area contributed by atoms with E-state index in [1.165, 1.54) is 11.1 Å². The third-order valence-corrected chi connectivity index (χ3v) is 3.89. The highest BCUT2D eigenvalue weighted by atomic mass is 16.2. The van der Waals surface area contributed by atoms with Gasteiger partial charge in [0.25, 0.3) is 0 Å². The molecule has 0 saturated carbocycles. The first-order chi connectivity index (χ1) is 9.54. The van der Waals surface area contributed by atoms with Gasteiger partial charge in [0.05, 0.1) is 0 Å². The van der Waals surface area contributed by atoms with Crippen molar-refractivity contribution in [2.24, 2.45) is 5.92 Å². The molecule has 0 bridgehead atoms. The van der Waals surface area contributed by atoms with E-state index < -0.39 is 0 Å². The zero-order valence-electron chi connectivity index (χ0n) is 12.9. The van der Waals surface area contributed by atoms with E-state index in [0.29, 0.717) is 12.3 Å². The smallest absolute Gasteiger partial charge is 0.223 e. The van der Waals surface area contributed by atoms with E-state index >= 15 is 0 Å². The minimum atomic E-state index is 0.264. The molecule has 1 fully saturated rings. The molecule has 3 heteroatoms. The molecule has 110 valence electrons. The number of nitrogens with zero attached hydrogens (tertiary/aromatic N) is 2. The van der Waals surface area contributed by atoms with Gasteiger partial charge in [-0.1, -0.05) is 38.1 Å². The second kappa shape index (κ2) is 6.89. The molecule has 1 saturated heterocycles. The highest BCUT2D eigenvalue weighted by molar-refractivity contribution is 5.76. The van der Waals surface area contributed by atoms with Gasteiger partial charge in [-0.2, -0.15) is 0 Å². The van der Waals surface area contributed by atoms with Crippen molar-refractivity contribution in [2.75, 3.05) is 26.7 Å². The summed E-state index contributed by atoms with van der Waals surface area (Å²) in [4.78, 5) is 15.9. The zero-order valence-corrected chi connectivity index (χ0v) is 12.9. The molecule has 20 heavy (non-hydrogen) atoms. The minimum Gasteiger partial charge on any atom is -0.344 e. The molecule has 0 atom stereocenters. The van der Waals surface area contributed by atoms with Crippen LogP contribution in [0.1, 0.15) is 31.4 Å². The van der Waals surface area contributed by atoms with E-state index in [-0.39, 0.29) is 5.91 Å². The Bertz CT molecular complexity index is 439. The summed E-state index contributed by atoms with van der Waals surface area (Å²) < 4.78 is 0. The molecular formula is C17H26N2O. The highest BCUT2D eigenvalue weighted by Gasteiger charge is 2.17. The van der Waals surface area contributed by atoms with Crippen molar-refractivity contribution in [2.45, 2.75) is 33.2 Å². The fourth-order valence-electron chi connectivity index (χ4n) is 2.64. The lowest BCUT2D eigenvalue weighted by atomic mass is 10.0. The zero-order chi connectivity index (χ0) is 14.5. The van der Waals surface area contributed by atoms with Gasteiger partial charge in [-0.3, -0.25) is 9.69 Å². The fraction of sp³-hybridized carbons (Fsp3) is 0.588. The summed E-state index contributed by atoms with van der Waals surface area (Å²) in [5, 5.41) is 0. The molecule has 0 unspecified atom stereocenters. The maximum atomic E-state index is 11.7. The van der Waals surface area contributed by atoms with Crippen LogP contribution in [0.2, 0.25) is 0 Å². The van der Waals surface area contributed by atoms with Crippen LogP contribution >= 0.6 is 0 Å². The number of carbonyl (C=O) groups is 1. The Balaban J connectivity index is 1.91. The molecule has 0 spiro atoms. The van der Waals surface area contributed by atoms with Gasteiger partial charge in [-0.15, -0.1) is 0 Å². The summed E-state index contributed by atoms with van der Waals surface area (Å²) in [7, 11) is 1.90. The second-order valence-electron chi connectivity index (χ2n) is 6.26. The number of amides is 1. The molecule has 3 nitrogen and oxygen atoms in total. The maximum Gasteiger partial charge on any atom is 0.223 e. The van der Waals surface area contributed by atoms with Gasteiger partial charge >= 0.3 is 0 Å². The van der Waals surface area contributed by atoms with Gasteiger partial charge in [-0.25, -0.2) is 0 Å². The van der Waals surface area contributed by atoms with Crippen molar-refractivity contribution in [1.29, 1.82) is 0 Å². The molecule has 0 aliphatic carbocycles. The monoisotopic (exact) mass is 274 g/mol. The van der Waals surface area contributed by atoms with E-state index in [0.717, 1.165) is 32.6 Å². The number of hydrogen-bond acceptors (Lipinski definition) is 2. The lowest BCUT2D eigenvalue weighted by molar-refractivity contribution is -0.129. The molecule has 0 radical (unpaired) electrons. The van der Waals surface area contributed by atoms with Crippen LogP contribution in [-0.4, -0.2) is 42.4 Å². The van der Waals surface area contributed by atoms with Crippen LogP contribution < -0.4 is 0 Å². The summed E-state index contributed by atoms with van der Waals surface area (Å²) >= 11 is 0. The molecule has 1 aliphatic rings. The molecule has 0 aromatic heterocycles. The topological polar surface area (TPSA) is 23.6 Å². The summed E-state index contributed by atoms with van der Waals surface area (Å²) in [5.74, 6) is 0.966. The van der Waals surface area contributed by atoms with Crippen LogP contribution in [0.25, 0.3) is 0 Å². The van der Waals surface area contributed by atoms with Crippen molar-refractivity contribution in [3.8, 4) is 0 Å². The van der Waals surface area contributed by atoms with Crippen LogP contribution in [0.15, 0.2) is 24.3 Å². The molecule has 1 amide bonds. The third-order valence-electron chi connectivity index (χ3n) is 3.89. The van der Waals surface area contributed by atoms with Crippen LogP contribution in [-0.2, 0) is 17.8 Å². The van der Waals surface area contributed by atoms with Crippen molar-refractivity contribution in [3.05, 3.63) is 35.4 Å². The van der Waals surface area contributed by atoms with E-state index in [1.807, 2.05) is 11.9 Å². The van der Waals surface area contributed by atoms with Crippen LogP contribution in [0, 0.1) is 5.92 Å². The van der Waals surface area contributed by atoms with E-state index in [2.05, 4.69) is 43.0 Å². The van der Waals surface area contributed by atoms with E-state index in [1.54, 1.807) is 0 Å². The average molecular weight is 274 g/mol. The van der Waals surface area contributed by atoms with Crippen molar-refractivity contribution in [1.82, 2.24) is 9.80 Å². The Labute approximate surface area is 122 Å². The number of carbonyl (C=O) groups excluding carboxylic acids is 1. The molecule has 2 rings (SSSR count). The first kappa shape index (κ1) is 15.0. The Morgan fingerprint density at radius 1 is 1.05 bits per heavy atom. The standard InChI is InChI=1S/C17H26N2O/c1-14(2)12-15-4-6-16(7-5-15)13-19-9-8-17(20)18(3)10-11-19/h4-7,14H,8-13H2,1-3H3. The summed E-state index contributed by atoms with van der Waals surface area (Å²) in [5.41, 5.74) is 2.75. The average Bonchev–Trinajstić information content (AvgIpc) is 2.56. The van der Waals surface area contributed by atoms with Crippen LogP contribution in [0.5, 0.6) is 0 Å². The largest absolute Gasteiger partial charge is 0.344 e. The summed E-state index contributed by atoms with van der Waals surface area (Å²) in [6, 6.07) is 8.94. The molecule has 0 N–H and O–H groups in total. The number of hydrogen-bond donors (Lipinski definition) is 0. The van der Waals surface area contributed by atoms with Crippen molar-refractivity contribution in [3.63, 3.8) is 0 Å². The Kier molecular flexibility index (Phi) is 5.18. The molecule has 1 aromatic carbocycles. The Morgan fingerprint density at radius 3 is 2.35 bits per heavy atom. The predicted octanol–water partition coefficient (Wildman–Crippen LogP) is 2.55. The van der Waals surface area contributed by atoms with Gasteiger partial charge < -0.3 is 4.90 Å². The fourth-order valence-corrected chi connectivity index (χ4v) is 2.64. The number of benzene rings is 1. The molecular weight excluding hydrogens is 248 g/mol.